The maximum atomic E-state index is 12.2. The lowest BCUT2D eigenvalue weighted by molar-refractivity contribution is -0.134. The van der Waals surface area contributed by atoms with Crippen LogP contribution in [0, 0.1) is 0 Å². The summed E-state index contributed by atoms with van der Waals surface area (Å²) in [7, 11) is -3.98. The molecule has 0 aliphatic rings. The van der Waals surface area contributed by atoms with Crippen molar-refractivity contribution in [2.75, 3.05) is 12.3 Å². The molecule has 1 aromatic rings. The Morgan fingerprint density at radius 2 is 1.68 bits per heavy atom. The van der Waals surface area contributed by atoms with Gasteiger partial charge in [-0.15, -0.1) is 0 Å². The summed E-state index contributed by atoms with van der Waals surface area (Å²) in [4.78, 5) is 12.2. The summed E-state index contributed by atoms with van der Waals surface area (Å²) in [5, 5.41) is 2.57. The molecule has 1 N–H and O–H groups in total. The zero-order valence-electron chi connectivity index (χ0n) is 14.4. The molecule has 0 spiro atoms. The zero-order chi connectivity index (χ0) is 19.1. The summed E-state index contributed by atoms with van der Waals surface area (Å²) in [5.41, 5.74) is 1.11. The van der Waals surface area contributed by atoms with Crippen LogP contribution in [0.15, 0.2) is 30.3 Å². The van der Waals surface area contributed by atoms with Gasteiger partial charge >= 0.3 is 6.18 Å². The van der Waals surface area contributed by atoms with Gasteiger partial charge < -0.3 is 5.32 Å². The molecule has 8 heteroatoms. The summed E-state index contributed by atoms with van der Waals surface area (Å²) in [5.74, 6) is -1.36. The predicted molar refractivity (Wildman–Crippen MR) is 90.9 cm³/mol. The fraction of sp³-hybridized carbons (Fsp3) is 0.588. The molecule has 0 bridgehead atoms. The van der Waals surface area contributed by atoms with E-state index in [1.165, 1.54) is 13.8 Å². The molecule has 0 aliphatic heterocycles. The van der Waals surface area contributed by atoms with Crippen LogP contribution in [0.5, 0.6) is 0 Å². The van der Waals surface area contributed by atoms with Crippen LogP contribution in [0.1, 0.15) is 38.7 Å². The summed E-state index contributed by atoms with van der Waals surface area (Å²) in [6, 6.07) is 9.63. The molecule has 25 heavy (non-hydrogen) atoms. The van der Waals surface area contributed by atoms with E-state index < -0.39 is 45.3 Å². The Morgan fingerprint density at radius 1 is 1.08 bits per heavy atom. The van der Waals surface area contributed by atoms with Crippen LogP contribution in [0.4, 0.5) is 13.2 Å². The second-order valence-corrected chi connectivity index (χ2v) is 9.05. The van der Waals surface area contributed by atoms with Crippen molar-refractivity contribution in [1.29, 1.82) is 0 Å². The van der Waals surface area contributed by atoms with Crippen molar-refractivity contribution in [3.05, 3.63) is 35.9 Å². The number of benzene rings is 1. The molecule has 0 unspecified atom stereocenters. The van der Waals surface area contributed by atoms with Gasteiger partial charge in [-0.3, -0.25) is 4.79 Å². The van der Waals surface area contributed by atoms with Gasteiger partial charge in [0.05, 0.1) is 5.75 Å². The lowest BCUT2D eigenvalue weighted by Crippen LogP contribution is -2.49. The standard InChI is InChI=1S/C17H24F3NO3S/c1-16(2,25(23,24)13-7-11-17(18,19)20)15(22)21-12-6-10-14-8-4-3-5-9-14/h3-5,8-9H,6-7,10-13H2,1-2H3,(H,21,22). The van der Waals surface area contributed by atoms with Gasteiger partial charge in [0.25, 0.3) is 0 Å². The van der Waals surface area contributed by atoms with E-state index in [2.05, 4.69) is 5.32 Å². The van der Waals surface area contributed by atoms with Gasteiger partial charge in [0.1, 0.15) is 4.75 Å². The van der Waals surface area contributed by atoms with E-state index in [-0.39, 0.29) is 0 Å². The first-order chi connectivity index (χ1) is 11.5. The van der Waals surface area contributed by atoms with Crippen LogP contribution < -0.4 is 5.32 Å². The number of aryl methyl sites for hydroxylation is 1. The molecular formula is C17H24F3NO3S. The molecular weight excluding hydrogens is 355 g/mol. The van der Waals surface area contributed by atoms with Crippen molar-refractivity contribution >= 4 is 15.7 Å². The SMILES string of the molecule is CC(C)(C(=O)NCCCc1ccccc1)S(=O)(=O)CCCC(F)(F)F. The molecule has 0 saturated carbocycles. The van der Waals surface area contributed by atoms with Gasteiger partial charge in [0.15, 0.2) is 9.84 Å². The van der Waals surface area contributed by atoms with Gasteiger partial charge in [-0.2, -0.15) is 13.2 Å². The molecule has 0 fully saturated rings. The topological polar surface area (TPSA) is 63.2 Å². The third kappa shape index (κ3) is 7.05. The van der Waals surface area contributed by atoms with Crippen molar-refractivity contribution in [1.82, 2.24) is 5.32 Å². The first-order valence-electron chi connectivity index (χ1n) is 8.07. The summed E-state index contributed by atoms with van der Waals surface area (Å²) < 4.78 is 59.1. The summed E-state index contributed by atoms with van der Waals surface area (Å²) >= 11 is 0. The molecule has 142 valence electrons. The summed E-state index contributed by atoms with van der Waals surface area (Å²) in [6.07, 6.45) is -4.75. The van der Waals surface area contributed by atoms with Crippen LogP contribution >= 0.6 is 0 Å². The molecule has 4 nitrogen and oxygen atoms in total. The smallest absolute Gasteiger partial charge is 0.355 e. The first kappa shape index (κ1) is 21.5. The number of amides is 1. The molecule has 0 atom stereocenters. The van der Waals surface area contributed by atoms with Gasteiger partial charge in [-0.05, 0) is 38.7 Å². The van der Waals surface area contributed by atoms with E-state index in [4.69, 9.17) is 0 Å². The number of hydrogen-bond acceptors (Lipinski definition) is 3. The normalized spacial score (nSPS) is 12.8. The quantitative estimate of drug-likeness (QED) is 0.670. The van der Waals surface area contributed by atoms with Crippen LogP contribution in [-0.4, -0.2) is 37.5 Å². The Kier molecular flexibility index (Phi) is 7.46. The Bertz CT molecular complexity index is 655. The minimum atomic E-state index is -4.40. The minimum absolute atomic E-state index is 0.301. The third-order valence-electron chi connectivity index (χ3n) is 3.97. The van der Waals surface area contributed by atoms with Crippen LogP contribution in [0.25, 0.3) is 0 Å². The highest BCUT2D eigenvalue weighted by Gasteiger charge is 2.41. The average Bonchev–Trinajstić information content (AvgIpc) is 2.50. The highest BCUT2D eigenvalue weighted by Crippen LogP contribution is 2.24. The average molecular weight is 379 g/mol. The maximum Gasteiger partial charge on any atom is 0.389 e. The van der Waals surface area contributed by atoms with Crippen molar-refractivity contribution in [2.24, 2.45) is 0 Å². The van der Waals surface area contributed by atoms with Gasteiger partial charge in [-0.1, -0.05) is 30.3 Å². The Morgan fingerprint density at radius 3 is 2.24 bits per heavy atom. The van der Waals surface area contributed by atoms with E-state index >= 15 is 0 Å². The largest absolute Gasteiger partial charge is 0.389 e. The van der Waals surface area contributed by atoms with Crippen molar-refractivity contribution in [2.45, 2.75) is 50.5 Å². The van der Waals surface area contributed by atoms with Crippen molar-refractivity contribution in [3.8, 4) is 0 Å². The molecule has 0 radical (unpaired) electrons. The molecule has 0 heterocycles. The molecule has 1 rings (SSSR count). The van der Waals surface area contributed by atoms with E-state index in [0.717, 1.165) is 12.0 Å². The highest BCUT2D eigenvalue weighted by molar-refractivity contribution is 7.93. The van der Waals surface area contributed by atoms with E-state index in [0.29, 0.717) is 13.0 Å². The molecule has 0 aliphatic carbocycles. The Balaban J connectivity index is 2.48. The second kappa shape index (κ2) is 8.69. The van der Waals surface area contributed by atoms with Gasteiger partial charge in [0, 0.05) is 13.0 Å². The van der Waals surface area contributed by atoms with E-state index in [9.17, 15) is 26.4 Å². The van der Waals surface area contributed by atoms with E-state index in [1.807, 2.05) is 30.3 Å². The number of carbonyl (C=O) groups is 1. The fourth-order valence-corrected chi connectivity index (χ4v) is 3.60. The fourth-order valence-electron chi connectivity index (χ4n) is 2.21. The van der Waals surface area contributed by atoms with Crippen LogP contribution in [0.2, 0.25) is 0 Å². The number of hydrogen-bond donors (Lipinski definition) is 1. The molecule has 0 saturated heterocycles. The summed E-state index contributed by atoms with van der Waals surface area (Å²) in [6.45, 7) is 2.75. The maximum absolute atomic E-state index is 12.2. The monoisotopic (exact) mass is 379 g/mol. The predicted octanol–water partition coefficient (Wildman–Crippen LogP) is 3.27. The van der Waals surface area contributed by atoms with E-state index in [1.54, 1.807) is 0 Å². The van der Waals surface area contributed by atoms with Crippen LogP contribution in [0.3, 0.4) is 0 Å². The molecule has 0 aromatic heterocycles. The van der Waals surface area contributed by atoms with Gasteiger partial charge in [0.2, 0.25) is 5.91 Å². The number of carbonyl (C=O) groups excluding carboxylic acids is 1. The zero-order valence-corrected chi connectivity index (χ0v) is 15.2. The van der Waals surface area contributed by atoms with Gasteiger partial charge in [-0.25, -0.2) is 8.42 Å². The number of sulfone groups is 1. The lowest BCUT2D eigenvalue weighted by Gasteiger charge is -2.24. The number of halogens is 3. The number of alkyl halides is 3. The lowest BCUT2D eigenvalue weighted by atomic mass is 10.1. The van der Waals surface area contributed by atoms with Crippen LogP contribution in [-0.2, 0) is 21.1 Å². The number of rotatable bonds is 9. The third-order valence-corrected chi connectivity index (χ3v) is 6.53. The second-order valence-electron chi connectivity index (χ2n) is 6.39. The molecule has 1 amide bonds. The van der Waals surface area contributed by atoms with Crippen molar-refractivity contribution < 1.29 is 26.4 Å². The highest BCUT2D eigenvalue weighted by atomic mass is 32.2. The minimum Gasteiger partial charge on any atom is -0.355 e. The number of nitrogens with one attached hydrogen (secondary N) is 1. The Hall–Kier alpha value is -1.57. The molecule has 1 aromatic carbocycles. The Labute approximate surface area is 146 Å². The van der Waals surface area contributed by atoms with Crippen molar-refractivity contribution in [3.63, 3.8) is 0 Å². The first-order valence-corrected chi connectivity index (χ1v) is 9.72.